The van der Waals surface area contributed by atoms with Crippen molar-refractivity contribution in [1.29, 1.82) is 0 Å². The Morgan fingerprint density at radius 3 is 2.73 bits per heavy atom. The molecule has 78 valence electrons. The smallest absolute Gasteiger partial charge is 0.216 e. The molecule has 2 heteroatoms. The van der Waals surface area contributed by atoms with Crippen molar-refractivity contribution in [2.75, 3.05) is 7.05 Å². The summed E-state index contributed by atoms with van der Waals surface area (Å²) in [6, 6.07) is 10.0. The predicted molar refractivity (Wildman–Crippen MR) is 62.9 cm³/mol. The number of ether oxygens (including phenoxy) is 1. The highest BCUT2D eigenvalue weighted by Crippen LogP contribution is 2.01. The van der Waals surface area contributed by atoms with E-state index < -0.39 is 0 Å². The van der Waals surface area contributed by atoms with Gasteiger partial charge in [-0.15, -0.1) is 5.73 Å². The molecule has 0 saturated heterocycles. The molecule has 15 heavy (non-hydrogen) atoms. The second-order valence-electron chi connectivity index (χ2n) is 2.94. The molecule has 0 aromatic heterocycles. The first-order chi connectivity index (χ1) is 7.36. The van der Waals surface area contributed by atoms with E-state index in [9.17, 15) is 0 Å². The Hall–Kier alpha value is -1.79. The van der Waals surface area contributed by atoms with Crippen LogP contribution in [0.2, 0.25) is 0 Å². The third-order valence-electron chi connectivity index (χ3n) is 1.82. The molecule has 1 aromatic rings. The number of hydrogen-bond acceptors (Lipinski definition) is 2. The van der Waals surface area contributed by atoms with Crippen LogP contribution in [0, 0.1) is 0 Å². The van der Waals surface area contributed by atoms with Crippen LogP contribution in [0.3, 0.4) is 0 Å². The van der Waals surface area contributed by atoms with Gasteiger partial charge in [0.1, 0.15) is 6.61 Å². The molecule has 0 aliphatic heterocycles. The Bertz CT molecular complexity index is 373. The highest BCUT2D eigenvalue weighted by atomic mass is 16.5. The number of hydrogen-bond donors (Lipinski definition) is 0. The molecular weight excluding hydrogens is 186 g/mol. The van der Waals surface area contributed by atoms with Gasteiger partial charge in [-0.25, -0.2) is 0 Å². The van der Waals surface area contributed by atoms with Crippen molar-refractivity contribution in [3.63, 3.8) is 0 Å². The van der Waals surface area contributed by atoms with Gasteiger partial charge >= 0.3 is 0 Å². The van der Waals surface area contributed by atoms with E-state index in [0.717, 1.165) is 5.56 Å². The summed E-state index contributed by atoms with van der Waals surface area (Å²) in [5.74, 6) is 0.594. The molecule has 0 atom stereocenters. The van der Waals surface area contributed by atoms with Crippen LogP contribution in [0.25, 0.3) is 0 Å². The van der Waals surface area contributed by atoms with Gasteiger partial charge in [0, 0.05) is 13.1 Å². The number of benzene rings is 1. The Morgan fingerprint density at radius 2 is 2.13 bits per heavy atom. The average molecular weight is 201 g/mol. The van der Waals surface area contributed by atoms with Crippen molar-refractivity contribution < 1.29 is 4.74 Å². The molecule has 0 fully saturated rings. The van der Waals surface area contributed by atoms with E-state index in [0.29, 0.717) is 12.5 Å². The van der Waals surface area contributed by atoms with E-state index in [2.05, 4.69) is 10.7 Å². The lowest BCUT2D eigenvalue weighted by molar-refractivity contribution is 0.295. The van der Waals surface area contributed by atoms with Crippen molar-refractivity contribution in [3.8, 4) is 0 Å². The third-order valence-corrected chi connectivity index (χ3v) is 1.82. The molecule has 0 unspecified atom stereocenters. The molecule has 0 heterocycles. The zero-order chi connectivity index (χ0) is 10.9. The van der Waals surface area contributed by atoms with Gasteiger partial charge in [0.15, 0.2) is 0 Å². The molecule has 1 aromatic carbocycles. The summed E-state index contributed by atoms with van der Waals surface area (Å²) < 4.78 is 5.49. The zero-order valence-corrected chi connectivity index (χ0v) is 9.10. The fourth-order valence-electron chi connectivity index (χ4n) is 1.06. The van der Waals surface area contributed by atoms with Crippen LogP contribution in [0.15, 0.2) is 53.2 Å². The molecule has 1 rings (SSSR count). The minimum atomic E-state index is 0.537. The summed E-state index contributed by atoms with van der Waals surface area (Å²) in [4.78, 5) is 4.00. The molecule has 0 aliphatic rings. The largest absolute Gasteiger partial charge is 0.473 e. The van der Waals surface area contributed by atoms with Crippen molar-refractivity contribution in [2.45, 2.75) is 13.5 Å². The first-order valence-electron chi connectivity index (χ1n) is 4.87. The minimum Gasteiger partial charge on any atom is -0.473 e. The standard InChI is InChI=1S/C13H15NO/c1-3-4-10-13(14-2)15-11-12-8-6-5-7-9-12/h3,5-10H,11H2,1-2H3. The first kappa shape index (κ1) is 11.3. The van der Waals surface area contributed by atoms with Gasteiger partial charge in [0.05, 0.1) is 0 Å². The summed E-state index contributed by atoms with van der Waals surface area (Å²) >= 11 is 0. The summed E-state index contributed by atoms with van der Waals surface area (Å²) in [5.41, 5.74) is 4.06. The van der Waals surface area contributed by atoms with Crippen LogP contribution < -0.4 is 0 Å². The van der Waals surface area contributed by atoms with Crippen molar-refractivity contribution in [3.05, 3.63) is 53.8 Å². The van der Waals surface area contributed by atoms with Gasteiger partial charge in [-0.05, 0) is 18.6 Å². The Kier molecular flexibility index (Phi) is 4.99. The molecule has 0 aliphatic carbocycles. The summed E-state index contributed by atoms with van der Waals surface area (Å²) in [5, 5.41) is 0. The van der Waals surface area contributed by atoms with Gasteiger partial charge in [-0.1, -0.05) is 30.3 Å². The van der Waals surface area contributed by atoms with E-state index in [1.54, 1.807) is 13.1 Å². The van der Waals surface area contributed by atoms with E-state index in [4.69, 9.17) is 4.74 Å². The van der Waals surface area contributed by atoms with Gasteiger partial charge in [-0.2, -0.15) is 0 Å². The van der Waals surface area contributed by atoms with Gasteiger partial charge in [0.2, 0.25) is 5.90 Å². The molecule has 0 radical (unpaired) electrons. The summed E-state index contributed by atoms with van der Waals surface area (Å²) in [6.45, 7) is 2.44. The SMILES string of the molecule is CC=C=CC(=NC)OCc1ccccc1. The second kappa shape index (κ2) is 6.63. The quantitative estimate of drug-likeness (QED) is 0.418. The lowest BCUT2D eigenvalue weighted by Gasteiger charge is -2.04. The normalized spacial score (nSPS) is 10.4. The fraction of sp³-hybridized carbons (Fsp3) is 0.231. The molecule has 2 nitrogen and oxygen atoms in total. The Morgan fingerprint density at radius 1 is 1.40 bits per heavy atom. The molecular formula is C13H15NO. The Labute approximate surface area is 90.6 Å². The topological polar surface area (TPSA) is 21.6 Å². The maximum atomic E-state index is 5.49. The zero-order valence-electron chi connectivity index (χ0n) is 9.10. The van der Waals surface area contributed by atoms with Crippen LogP contribution in [0.5, 0.6) is 0 Å². The van der Waals surface area contributed by atoms with E-state index in [1.807, 2.05) is 43.3 Å². The van der Waals surface area contributed by atoms with Crippen molar-refractivity contribution >= 4 is 5.90 Å². The summed E-state index contributed by atoms with van der Waals surface area (Å²) in [7, 11) is 1.70. The van der Waals surface area contributed by atoms with Crippen molar-refractivity contribution in [2.24, 2.45) is 4.99 Å². The second-order valence-corrected chi connectivity index (χ2v) is 2.94. The molecule has 0 amide bonds. The van der Waals surface area contributed by atoms with Gasteiger partial charge in [-0.3, -0.25) is 4.99 Å². The highest BCUT2D eigenvalue weighted by Gasteiger charge is 1.94. The minimum absolute atomic E-state index is 0.537. The van der Waals surface area contributed by atoms with Crippen LogP contribution in [-0.4, -0.2) is 12.9 Å². The third kappa shape index (κ3) is 4.30. The molecule has 0 saturated carbocycles. The predicted octanol–water partition coefficient (Wildman–Crippen LogP) is 2.96. The Balaban J connectivity index is 2.53. The number of aliphatic imine (C=N–C) groups is 1. The van der Waals surface area contributed by atoms with Crippen LogP contribution >= 0.6 is 0 Å². The van der Waals surface area contributed by atoms with E-state index >= 15 is 0 Å². The van der Waals surface area contributed by atoms with E-state index in [1.165, 1.54) is 0 Å². The van der Waals surface area contributed by atoms with Crippen LogP contribution in [0.1, 0.15) is 12.5 Å². The van der Waals surface area contributed by atoms with Crippen LogP contribution in [0.4, 0.5) is 0 Å². The maximum Gasteiger partial charge on any atom is 0.216 e. The van der Waals surface area contributed by atoms with Crippen LogP contribution in [-0.2, 0) is 11.3 Å². The summed E-state index contributed by atoms with van der Waals surface area (Å²) in [6.07, 6.45) is 3.54. The maximum absolute atomic E-state index is 5.49. The highest BCUT2D eigenvalue weighted by molar-refractivity contribution is 5.87. The van der Waals surface area contributed by atoms with Gasteiger partial charge < -0.3 is 4.74 Å². The van der Waals surface area contributed by atoms with E-state index in [-0.39, 0.29) is 0 Å². The lowest BCUT2D eigenvalue weighted by atomic mass is 10.2. The lowest BCUT2D eigenvalue weighted by Crippen LogP contribution is -2.00. The number of nitrogens with zero attached hydrogens (tertiary/aromatic N) is 1. The average Bonchev–Trinajstić information content (AvgIpc) is 2.31. The number of rotatable bonds is 3. The van der Waals surface area contributed by atoms with Crippen molar-refractivity contribution in [1.82, 2.24) is 0 Å². The molecule has 0 bridgehead atoms. The molecule has 0 N–H and O–H groups in total. The fourth-order valence-corrected chi connectivity index (χ4v) is 1.06. The van der Waals surface area contributed by atoms with Gasteiger partial charge in [0.25, 0.3) is 0 Å². The first-order valence-corrected chi connectivity index (χ1v) is 4.87. The monoisotopic (exact) mass is 201 g/mol. The molecule has 0 spiro atoms.